The average Bonchev–Trinajstić information content (AvgIpc) is 2.67. The first-order chi connectivity index (χ1) is 12.9. The largest absolute Gasteiger partial charge is 0.461 e. The van der Waals surface area contributed by atoms with Crippen molar-refractivity contribution >= 4 is 17.7 Å². The van der Waals surface area contributed by atoms with Crippen molar-refractivity contribution in [2.45, 2.75) is 49.9 Å². The molecule has 0 spiro atoms. The molecule has 0 aliphatic carbocycles. The van der Waals surface area contributed by atoms with Gasteiger partial charge in [-0.25, -0.2) is 0 Å². The smallest absolute Gasteiger partial charge is 0.320 e. The minimum Gasteiger partial charge on any atom is -0.461 e. The Morgan fingerprint density at radius 1 is 0.926 bits per heavy atom. The average molecular weight is 383 g/mol. The number of carbonyl (C=O) groups is 1. The van der Waals surface area contributed by atoms with Crippen molar-refractivity contribution in [3.05, 3.63) is 78.9 Å². The van der Waals surface area contributed by atoms with E-state index in [-0.39, 0.29) is 35.1 Å². The molecule has 0 N–H and O–H groups in total. The Balaban J connectivity index is 2.33. The Kier molecular flexibility index (Phi) is 8.18. The molecule has 0 saturated heterocycles. The lowest BCUT2D eigenvalue weighted by molar-refractivity contribution is -0.153. The lowest BCUT2D eigenvalue weighted by Crippen LogP contribution is -2.35. The standard InChI is InChI=1S/C24H30O2S/c1-6-21(19-13-9-7-10-14-19)23(27-20-15-11-8-12-16-20)24(25)26-22(17(2)3)18(4)5/h6-18,21-23H,1H2,2-5H3/t21-,23-/m1/s1. The second-order valence-electron chi connectivity index (χ2n) is 7.41. The fraction of sp³-hybridized carbons (Fsp3) is 0.375. The quantitative estimate of drug-likeness (QED) is 0.287. The Labute approximate surface area is 168 Å². The van der Waals surface area contributed by atoms with E-state index in [1.807, 2.05) is 66.7 Å². The van der Waals surface area contributed by atoms with Crippen LogP contribution in [-0.4, -0.2) is 17.3 Å². The van der Waals surface area contributed by atoms with Crippen molar-refractivity contribution in [3.8, 4) is 0 Å². The number of benzene rings is 2. The highest BCUT2D eigenvalue weighted by atomic mass is 32.2. The van der Waals surface area contributed by atoms with Crippen molar-refractivity contribution in [3.63, 3.8) is 0 Å². The van der Waals surface area contributed by atoms with Crippen molar-refractivity contribution in [2.75, 3.05) is 0 Å². The molecule has 0 fully saturated rings. The van der Waals surface area contributed by atoms with Crippen LogP contribution in [0.4, 0.5) is 0 Å². The first-order valence-electron chi connectivity index (χ1n) is 9.53. The SMILES string of the molecule is C=C[C@H](c1ccccc1)[C@@H](Sc1ccccc1)C(=O)OC(C(C)C)C(C)C. The van der Waals surface area contributed by atoms with E-state index < -0.39 is 0 Å². The van der Waals surface area contributed by atoms with Crippen LogP contribution >= 0.6 is 11.8 Å². The van der Waals surface area contributed by atoms with Gasteiger partial charge >= 0.3 is 5.97 Å². The molecule has 0 aliphatic heterocycles. The maximum Gasteiger partial charge on any atom is 0.320 e. The van der Waals surface area contributed by atoms with Gasteiger partial charge in [-0.3, -0.25) is 4.79 Å². The number of esters is 1. The summed E-state index contributed by atoms with van der Waals surface area (Å²) in [6.07, 6.45) is 1.76. The Morgan fingerprint density at radius 2 is 1.44 bits per heavy atom. The molecule has 2 aromatic rings. The van der Waals surface area contributed by atoms with Crippen LogP contribution in [0.25, 0.3) is 0 Å². The Hall–Kier alpha value is -2.00. The van der Waals surface area contributed by atoms with E-state index in [0.29, 0.717) is 0 Å². The van der Waals surface area contributed by atoms with Crippen LogP contribution < -0.4 is 0 Å². The lowest BCUT2D eigenvalue weighted by Gasteiger charge is -2.29. The fourth-order valence-corrected chi connectivity index (χ4v) is 4.44. The maximum absolute atomic E-state index is 13.2. The van der Waals surface area contributed by atoms with E-state index in [1.54, 1.807) is 11.8 Å². The third-order valence-electron chi connectivity index (χ3n) is 4.57. The highest BCUT2D eigenvalue weighted by Gasteiger charge is 2.33. The highest BCUT2D eigenvalue weighted by Crippen LogP contribution is 2.36. The van der Waals surface area contributed by atoms with E-state index in [2.05, 4.69) is 34.3 Å². The molecule has 144 valence electrons. The highest BCUT2D eigenvalue weighted by molar-refractivity contribution is 8.00. The minimum atomic E-state index is -0.382. The van der Waals surface area contributed by atoms with Crippen LogP contribution in [-0.2, 0) is 9.53 Å². The number of hydrogen-bond donors (Lipinski definition) is 0. The molecule has 27 heavy (non-hydrogen) atoms. The van der Waals surface area contributed by atoms with Gasteiger partial charge in [-0.15, -0.1) is 18.3 Å². The molecule has 0 unspecified atom stereocenters. The van der Waals surface area contributed by atoms with Gasteiger partial charge < -0.3 is 4.74 Å². The molecular formula is C24H30O2S. The van der Waals surface area contributed by atoms with Crippen LogP contribution in [0.5, 0.6) is 0 Å². The third kappa shape index (κ3) is 6.00. The van der Waals surface area contributed by atoms with Gasteiger partial charge in [0.1, 0.15) is 11.4 Å². The second-order valence-corrected chi connectivity index (χ2v) is 8.63. The molecule has 0 saturated carbocycles. The van der Waals surface area contributed by atoms with Gasteiger partial charge in [0.2, 0.25) is 0 Å². The summed E-state index contributed by atoms with van der Waals surface area (Å²) in [6.45, 7) is 12.4. The molecule has 0 heterocycles. The summed E-state index contributed by atoms with van der Waals surface area (Å²) in [4.78, 5) is 14.3. The molecule has 2 atom stereocenters. The molecular weight excluding hydrogens is 352 g/mol. The Morgan fingerprint density at radius 3 is 1.93 bits per heavy atom. The van der Waals surface area contributed by atoms with Crippen LogP contribution in [0, 0.1) is 11.8 Å². The van der Waals surface area contributed by atoms with Crippen LogP contribution in [0.1, 0.15) is 39.2 Å². The zero-order chi connectivity index (χ0) is 19.8. The molecule has 2 rings (SSSR count). The van der Waals surface area contributed by atoms with E-state index in [0.717, 1.165) is 10.5 Å². The summed E-state index contributed by atoms with van der Waals surface area (Å²) in [6, 6.07) is 20.1. The summed E-state index contributed by atoms with van der Waals surface area (Å²) in [7, 11) is 0. The molecule has 2 nitrogen and oxygen atoms in total. The van der Waals surface area contributed by atoms with Gasteiger partial charge in [0.15, 0.2) is 0 Å². The number of rotatable bonds is 9. The first-order valence-corrected chi connectivity index (χ1v) is 10.4. The van der Waals surface area contributed by atoms with Crippen LogP contribution in [0.2, 0.25) is 0 Å². The van der Waals surface area contributed by atoms with Crippen LogP contribution in [0.3, 0.4) is 0 Å². The van der Waals surface area contributed by atoms with Gasteiger partial charge in [-0.2, -0.15) is 0 Å². The third-order valence-corrected chi connectivity index (χ3v) is 5.85. The predicted molar refractivity (Wildman–Crippen MR) is 115 cm³/mol. The summed E-state index contributed by atoms with van der Waals surface area (Å²) in [5.74, 6) is 0.249. The van der Waals surface area contributed by atoms with Gasteiger partial charge in [0.25, 0.3) is 0 Å². The van der Waals surface area contributed by atoms with Gasteiger partial charge in [-0.1, -0.05) is 82.3 Å². The molecule has 3 heteroatoms. The van der Waals surface area contributed by atoms with Crippen molar-refractivity contribution in [1.29, 1.82) is 0 Å². The molecule has 0 amide bonds. The minimum absolute atomic E-state index is 0.0994. The fourth-order valence-electron chi connectivity index (χ4n) is 3.27. The van der Waals surface area contributed by atoms with Gasteiger partial charge in [0.05, 0.1) is 0 Å². The molecule has 0 aromatic heterocycles. The summed E-state index contributed by atoms with van der Waals surface area (Å²) in [5.41, 5.74) is 1.07. The lowest BCUT2D eigenvalue weighted by atomic mass is 9.94. The normalized spacial score (nSPS) is 13.6. The van der Waals surface area contributed by atoms with E-state index in [1.165, 1.54) is 0 Å². The number of allylic oxidation sites excluding steroid dienone is 1. The van der Waals surface area contributed by atoms with Crippen molar-refractivity contribution < 1.29 is 9.53 Å². The van der Waals surface area contributed by atoms with E-state index >= 15 is 0 Å². The van der Waals surface area contributed by atoms with Gasteiger partial charge in [-0.05, 0) is 29.5 Å². The summed E-state index contributed by atoms with van der Waals surface area (Å²) in [5, 5.41) is -0.382. The Bertz CT molecular complexity index is 702. The number of carbonyl (C=O) groups excluding carboxylic acids is 1. The molecule has 2 aromatic carbocycles. The summed E-state index contributed by atoms with van der Waals surface area (Å²) < 4.78 is 6.00. The van der Waals surface area contributed by atoms with Gasteiger partial charge in [0, 0.05) is 10.8 Å². The van der Waals surface area contributed by atoms with Crippen LogP contribution in [0.15, 0.2) is 78.2 Å². The second kappa shape index (κ2) is 10.4. The molecule has 0 bridgehead atoms. The number of hydrogen-bond acceptors (Lipinski definition) is 3. The number of thioether (sulfide) groups is 1. The monoisotopic (exact) mass is 382 g/mol. The zero-order valence-electron chi connectivity index (χ0n) is 16.7. The number of ether oxygens (including phenoxy) is 1. The molecule has 0 aliphatic rings. The topological polar surface area (TPSA) is 26.3 Å². The zero-order valence-corrected chi connectivity index (χ0v) is 17.5. The van der Waals surface area contributed by atoms with E-state index in [4.69, 9.17) is 4.74 Å². The van der Waals surface area contributed by atoms with E-state index in [9.17, 15) is 4.79 Å². The van der Waals surface area contributed by atoms with Crippen molar-refractivity contribution in [2.24, 2.45) is 11.8 Å². The molecule has 0 radical (unpaired) electrons. The summed E-state index contributed by atoms with van der Waals surface area (Å²) >= 11 is 1.54. The van der Waals surface area contributed by atoms with Crippen molar-refractivity contribution in [1.82, 2.24) is 0 Å². The maximum atomic E-state index is 13.2. The first kappa shape index (κ1) is 21.3. The predicted octanol–water partition coefficient (Wildman–Crippen LogP) is 6.34.